The van der Waals surface area contributed by atoms with Gasteiger partial charge in [-0.2, -0.15) is 0 Å². The fourth-order valence-electron chi connectivity index (χ4n) is 4.53. The Balaban J connectivity index is 1.33. The van der Waals surface area contributed by atoms with Gasteiger partial charge in [-0.05, 0) is 42.0 Å². The van der Waals surface area contributed by atoms with Gasteiger partial charge in [0, 0.05) is 29.8 Å². The van der Waals surface area contributed by atoms with Crippen molar-refractivity contribution < 1.29 is 58.8 Å². The Labute approximate surface area is 249 Å². The first-order valence-corrected chi connectivity index (χ1v) is 13.2. The highest BCUT2D eigenvalue weighted by molar-refractivity contribution is 5.87. The molecule has 3 aromatic carbocycles. The van der Waals surface area contributed by atoms with Gasteiger partial charge in [-0.15, -0.1) is 0 Å². The number of carbonyl (C=O) groups excluding carboxylic acids is 1. The number of hydrogen-bond donors (Lipinski definition) is 6. The highest BCUT2D eigenvalue weighted by Gasteiger charge is 2.45. The summed E-state index contributed by atoms with van der Waals surface area (Å²) >= 11 is 0. The number of hydrogen-bond acceptors (Lipinski definition) is 13. The number of phenols is 3. The van der Waals surface area contributed by atoms with Gasteiger partial charge in [0.1, 0.15) is 65.0 Å². The monoisotopic (exact) mass is 608 g/mol. The molecular formula is C31H28O13. The molecule has 13 nitrogen and oxygen atoms in total. The van der Waals surface area contributed by atoms with Gasteiger partial charge in [0.2, 0.25) is 6.29 Å². The van der Waals surface area contributed by atoms with Crippen LogP contribution >= 0.6 is 0 Å². The molecule has 1 fully saturated rings. The molecule has 2 heterocycles. The van der Waals surface area contributed by atoms with Crippen LogP contribution in [-0.2, 0) is 14.3 Å². The van der Waals surface area contributed by atoms with Crippen LogP contribution in [-0.4, -0.2) is 81.0 Å². The number of rotatable bonds is 8. The summed E-state index contributed by atoms with van der Waals surface area (Å²) in [6.45, 7) is -0.513. The van der Waals surface area contributed by atoms with Gasteiger partial charge in [-0.25, -0.2) is 4.79 Å². The van der Waals surface area contributed by atoms with Gasteiger partial charge in [-0.1, -0.05) is 12.1 Å². The van der Waals surface area contributed by atoms with Crippen molar-refractivity contribution in [2.75, 3.05) is 13.7 Å². The minimum Gasteiger partial charge on any atom is -0.508 e. The van der Waals surface area contributed by atoms with Crippen LogP contribution in [0, 0.1) is 0 Å². The lowest BCUT2D eigenvalue weighted by Crippen LogP contribution is -2.60. The van der Waals surface area contributed by atoms with Crippen LogP contribution in [0.5, 0.6) is 28.7 Å². The predicted octanol–water partition coefficient (Wildman–Crippen LogP) is 2.03. The van der Waals surface area contributed by atoms with Crippen molar-refractivity contribution in [3.8, 4) is 40.1 Å². The Hall–Kier alpha value is -5.08. The molecule has 0 amide bonds. The Kier molecular flexibility index (Phi) is 8.73. The first-order valence-electron chi connectivity index (χ1n) is 13.2. The number of methoxy groups -OCH3 is 1. The van der Waals surface area contributed by atoms with Crippen LogP contribution in [0.3, 0.4) is 0 Å². The van der Waals surface area contributed by atoms with E-state index in [-0.39, 0.29) is 39.7 Å². The second kappa shape index (κ2) is 12.7. The summed E-state index contributed by atoms with van der Waals surface area (Å²) in [5.74, 6) is -1.24. The van der Waals surface area contributed by atoms with E-state index in [1.807, 2.05) is 0 Å². The first-order chi connectivity index (χ1) is 21.0. The average molecular weight is 609 g/mol. The van der Waals surface area contributed by atoms with E-state index in [1.165, 1.54) is 49.6 Å². The summed E-state index contributed by atoms with van der Waals surface area (Å²) in [7, 11) is 1.36. The van der Waals surface area contributed by atoms with Crippen LogP contribution in [0.15, 0.2) is 76.0 Å². The minimum atomic E-state index is -1.76. The topological polar surface area (TPSA) is 206 Å². The first kappa shape index (κ1) is 30.4. The molecule has 13 heteroatoms. The lowest BCUT2D eigenvalue weighted by atomic mass is 9.99. The molecule has 1 aliphatic heterocycles. The zero-order chi connectivity index (χ0) is 31.5. The maximum atomic E-state index is 12.8. The molecule has 1 saturated heterocycles. The smallest absolute Gasteiger partial charge is 0.330 e. The van der Waals surface area contributed by atoms with Crippen molar-refractivity contribution in [3.63, 3.8) is 0 Å². The number of fused-ring (bicyclic) bond motifs is 1. The van der Waals surface area contributed by atoms with Crippen LogP contribution in [0.25, 0.3) is 28.4 Å². The third kappa shape index (κ3) is 6.45. The van der Waals surface area contributed by atoms with Crippen molar-refractivity contribution in [1.82, 2.24) is 0 Å². The third-order valence-electron chi connectivity index (χ3n) is 6.86. The molecule has 230 valence electrons. The Morgan fingerprint density at radius 1 is 0.909 bits per heavy atom. The number of esters is 1. The number of aliphatic hydroxyl groups excluding tert-OH is 3. The van der Waals surface area contributed by atoms with Crippen molar-refractivity contribution in [3.05, 3.63) is 82.5 Å². The molecule has 0 unspecified atom stereocenters. The zero-order valence-corrected chi connectivity index (χ0v) is 23.1. The number of phenolic OH excluding ortho intramolecular Hbond substituents is 3. The number of aromatic hydroxyl groups is 3. The van der Waals surface area contributed by atoms with Gasteiger partial charge < -0.3 is 54.0 Å². The van der Waals surface area contributed by atoms with E-state index in [0.29, 0.717) is 11.1 Å². The van der Waals surface area contributed by atoms with Crippen LogP contribution in [0.4, 0.5) is 0 Å². The lowest BCUT2D eigenvalue weighted by molar-refractivity contribution is -0.278. The van der Waals surface area contributed by atoms with E-state index < -0.39 is 54.5 Å². The van der Waals surface area contributed by atoms with Crippen molar-refractivity contribution in [1.29, 1.82) is 0 Å². The van der Waals surface area contributed by atoms with Crippen molar-refractivity contribution in [2.24, 2.45) is 0 Å². The molecule has 5 rings (SSSR count). The highest BCUT2D eigenvalue weighted by Crippen LogP contribution is 2.35. The average Bonchev–Trinajstić information content (AvgIpc) is 3.00. The second-order valence-electron chi connectivity index (χ2n) is 9.86. The van der Waals surface area contributed by atoms with E-state index in [9.17, 15) is 40.2 Å². The molecule has 44 heavy (non-hydrogen) atoms. The van der Waals surface area contributed by atoms with Crippen LogP contribution in [0.1, 0.15) is 5.56 Å². The summed E-state index contributed by atoms with van der Waals surface area (Å²) < 4.78 is 27.3. The van der Waals surface area contributed by atoms with Crippen molar-refractivity contribution in [2.45, 2.75) is 30.7 Å². The van der Waals surface area contributed by atoms with E-state index in [4.69, 9.17) is 23.4 Å². The standard InChI is InChI=1S/C31H28O13/c1-40-23-10-16(5-8-19(23)33)22-13-21(35)27-20(34)11-18(12-24(27)43-22)42-31-30(39)29(38)28(37)25(44-31)14-41-26(36)9-4-15-2-6-17(32)7-3-15/h2-13,25,28-34,37-39H,14H2,1H3/b9-4+/t25-,28-,29+,30-,31-/m1/s1. The fourth-order valence-corrected chi connectivity index (χ4v) is 4.53. The number of aliphatic hydroxyl groups is 3. The minimum absolute atomic E-state index is 0.0639. The van der Waals surface area contributed by atoms with Gasteiger partial charge >= 0.3 is 5.97 Å². The number of benzene rings is 3. The molecule has 6 N–H and O–H groups in total. The SMILES string of the molecule is COc1cc(-c2cc(=O)c3c(O)cc(O[C@@H]4O[C@H](COC(=O)/C=C/c5ccc(O)cc5)[C@@H](O)[C@H](O)[C@H]4O)cc3o2)ccc1O. The fraction of sp³-hybridized carbons (Fsp3) is 0.226. The van der Waals surface area contributed by atoms with Crippen LogP contribution in [0.2, 0.25) is 0 Å². The summed E-state index contributed by atoms with van der Waals surface area (Å²) in [5.41, 5.74) is 0.338. The molecule has 0 bridgehead atoms. The van der Waals surface area contributed by atoms with E-state index in [0.717, 1.165) is 18.2 Å². The van der Waals surface area contributed by atoms with Gasteiger partial charge in [0.25, 0.3) is 0 Å². The molecule has 0 spiro atoms. The largest absolute Gasteiger partial charge is 0.508 e. The summed E-state index contributed by atoms with van der Waals surface area (Å²) in [5, 5.41) is 61.0. The second-order valence-corrected chi connectivity index (χ2v) is 9.86. The predicted molar refractivity (Wildman–Crippen MR) is 153 cm³/mol. The highest BCUT2D eigenvalue weighted by atomic mass is 16.7. The third-order valence-corrected chi connectivity index (χ3v) is 6.86. The Morgan fingerprint density at radius 2 is 1.66 bits per heavy atom. The van der Waals surface area contributed by atoms with Crippen molar-refractivity contribution >= 4 is 23.0 Å². The maximum Gasteiger partial charge on any atom is 0.330 e. The van der Waals surface area contributed by atoms with Gasteiger partial charge in [-0.3, -0.25) is 4.79 Å². The summed E-state index contributed by atoms with van der Waals surface area (Å²) in [4.78, 5) is 25.0. The number of carbonyl (C=O) groups is 1. The molecule has 0 radical (unpaired) electrons. The van der Waals surface area contributed by atoms with E-state index >= 15 is 0 Å². The van der Waals surface area contributed by atoms with Crippen LogP contribution < -0.4 is 14.9 Å². The molecule has 5 atom stereocenters. The maximum absolute atomic E-state index is 12.8. The van der Waals surface area contributed by atoms with E-state index in [1.54, 1.807) is 12.1 Å². The molecule has 0 saturated carbocycles. The Bertz CT molecular complexity index is 1740. The molecule has 0 aliphatic carbocycles. The molecule has 1 aliphatic rings. The quantitative estimate of drug-likeness (QED) is 0.125. The Morgan fingerprint density at radius 3 is 2.39 bits per heavy atom. The van der Waals surface area contributed by atoms with Gasteiger partial charge in [0.15, 0.2) is 16.9 Å². The number of ether oxygens (including phenoxy) is 4. The molecule has 4 aromatic rings. The molecular weight excluding hydrogens is 580 g/mol. The molecule has 1 aromatic heterocycles. The van der Waals surface area contributed by atoms with E-state index in [2.05, 4.69) is 0 Å². The summed E-state index contributed by atoms with van der Waals surface area (Å²) in [6.07, 6.45) is -5.51. The zero-order valence-electron chi connectivity index (χ0n) is 23.1. The summed E-state index contributed by atoms with van der Waals surface area (Å²) in [6, 6.07) is 13.8. The lowest BCUT2D eigenvalue weighted by Gasteiger charge is -2.39. The normalized spacial score (nSPS) is 21.8. The van der Waals surface area contributed by atoms with Gasteiger partial charge in [0.05, 0.1) is 7.11 Å².